The van der Waals surface area contributed by atoms with E-state index in [1.807, 2.05) is 56.3 Å². The minimum absolute atomic E-state index is 0.189. The van der Waals surface area contributed by atoms with Crippen molar-refractivity contribution in [3.63, 3.8) is 0 Å². The molecule has 2 aliphatic rings. The smallest absolute Gasteiger partial charge is 0.221 e. The molecular weight excluding hydrogens is 352 g/mol. The number of carbonyl (C=O) groups is 1. The van der Waals surface area contributed by atoms with E-state index < -0.39 is 0 Å². The van der Waals surface area contributed by atoms with E-state index in [2.05, 4.69) is 16.0 Å². The van der Waals surface area contributed by atoms with Gasteiger partial charge in [0.15, 0.2) is 0 Å². The van der Waals surface area contributed by atoms with Crippen LogP contribution in [-0.4, -0.2) is 29.6 Å². The summed E-state index contributed by atoms with van der Waals surface area (Å²) >= 11 is 0. The number of hydrogen-bond acceptors (Lipinski definition) is 4. The number of anilines is 2. The number of carbonyl (C=O) groups excluding carboxylic acids is 1. The van der Waals surface area contributed by atoms with Crippen molar-refractivity contribution >= 4 is 39.1 Å². The van der Waals surface area contributed by atoms with Crippen LogP contribution in [0, 0.1) is 0 Å². The molecule has 6 heteroatoms. The molecule has 1 amide bonds. The molecule has 28 heavy (non-hydrogen) atoms. The van der Waals surface area contributed by atoms with E-state index in [0.717, 1.165) is 22.1 Å². The van der Waals surface area contributed by atoms with Crippen molar-refractivity contribution in [2.24, 2.45) is 0 Å². The first kappa shape index (κ1) is 18.0. The lowest BCUT2D eigenvalue weighted by Crippen LogP contribution is -2.21. The fraction of sp³-hybridized carbons (Fsp3) is 0.227. The Morgan fingerprint density at radius 1 is 1.14 bits per heavy atom. The lowest BCUT2D eigenvalue weighted by atomic mass is 10.0. The van der Waals surface area contributed by atoms with Crippen molar-refractivity contribution in [1.82, 2.24) is 9.55 Å². The van der Waals surface area contributed by atoms with Crippen LogP contribution in [0.15, 0.2) is 47.3 Å². The van der Waals surface area contributed by atoms with Gasteiger partial charge in [0.1, 0.15) is 5.69 Å². The number of benzene rings is 3. The third-order valence-electron chi connectivity index (χ3n) is 5.00. The second-order valence-electron chi connectivity index (χ2n) is 7.05. The van der Waals surface area contributed by atoms with Crippen molar-refractivity contribution in [3.05, 3.63) is 52.7 Å². The standard InChI is InChI=1S/C22H22N4O2/c1-5-26-18-12-14(25(3)4)10-11-17(18)24-19-15-8-6-7-9-16(15)22(28)20(21(19)26)23-13(2)27/h6-12H,5H2,1-4H3,(H,23,27). The van der Waals surface area contributed by atoms with Crippen LogP contribution in [0.5, 0.6) is 0 Å². The monoisotopic (exact) mass is 374 g/mol. The van der Waals surface area contributed by atoms with Crippen molar-refractivity contribution in [1.29, 1.82) is 0 Å². The average Bonchev–Trinajstić information content (AvgIpc) is 2.68. The van der Waals surface area contributed by atoms with Gasteiger partial charge in [0.25, 0.3) is 0 Å². The van der Waals surface area contributed by atoms with Crippen LogP contribution in [0.2, 0.25) is 0 Å². The first-order chi connectivity index (χ1) is 13.4. The summed E-state index contributed by atoms with van der Waals surface area (Å²) in [5.41, 5.74) is 4.27. The van der Waals surface area contributed by atoms with E-state index >= 15 is 0 Å². The molecule has 2 aromatic rings. The average molecular weight is 374 g/mol. The SMILES string of the molecule is CCn1c2c(NC(C)=O)c(=O)c3ccccc3c-2nc2ccc(N(C)C)cc21. The van der Waals surface area contributed by atoms with E-state index in [-0.39, 0.29) is 17.0 Å². The van der Waals surface area contributed by atoms with Crippen molar-refractivity contribution in [2.75, 3.05) is 24.3 Å². The Bertz CT molecular complexity index is 1260. The van der Waals surface area contributed by atoms with Gasteiger partial charge in [-0.05, 0) is 25.1 Å². The molecule has 142 valence electrons. The van der Waals surface area contributed by atoms with Gasteiger partial charge in [-0.1, -0.05) is 24.3 Å². The fourth-order valence-electron chi connectivity index (χ4n) is 3.71. The summed E-state index contributed by atoms with van der Waals surface area (Å²) in [6.07, 6.45) is 0. The van der Waals surface area contributed by atoms with Crippen LogP contribution < -0.4 is 15.6 Å². The Kier molecular flexibility index (Phi) is 4.26. The second kappa shape index (κ2) is 6.64. The second-order valence-corrected chi connectivity index (χ2v) is 7.05. The summed E-state index contributed by atoms with van der Waals surface area (Å²) in [6.45, 7) is 4.07. The van der Waals surface area contributed by atoms with Crippen molar-refractivity contribution in [2.45, 2.75) is 20.4 Å². The lowest BCUT2D eigenvalue weighted by molar-refractivity contribution is -0.114. The van der Waals surface area contributed by atoms with E-state index in [4.69, 9.17) is 4.98 Å². The summed E-state index contributed by atoms with van der Waals surface area (Å²) in [5, 5.41) is 4.11. The highest BCUT2D eigenvalue weighted by atomic mass is 16.2. The van der Waals surface area contributed by atoms with Crippen LogP contribution in [0.1, 0.15) is 13.8 Å². The maximum atomic E-state index is 13.2. The molecule has 0 bridgehead atoms. The predicted molar refractivity (Wildman–Crippen MR) is 114 cm³/mol. The van der Waals surface area contributed by atoms with Crippen LogP contribution in [0.4, 0.5) is 11.4 Å². The largest absolute Gasteiger partial charge is 0.378 e. The number of aromatic nitrogens is 2. The molecular formula is C22H22N4O2. The van der Waals surface area contributed by atoms with Crippen molar-refractivity contribution < 1.29 is 4.79 Å². The molecule has 0 aromatic heterocycles. The highest BCUT2D eigenvalue weighted by Crippen LogP contribution is 2.36. The third kappa shape index (κ3) is 2.69. The summed E-state index contributed by atoms with van der Waals surface area (Å²) in [6, 6.07) is 13.5. The molecule has 0 fully saturated rings. The Labute approximate surface area is 162 Å². The summed E-state index contributed by atoms with van der Waals surface area (Å²) < 4.78 is 2.06. The molecule has 0 radical (unpaired) electrons. The summed E-state index contributed by atoms with van der Waals surface area (Å²) in [7, 11) is 3.97. The molecule has 0 saturated carbocycles. The zero-order valence-electron chi connectivity index (χ0n) is 16.4. The molecule has 1 N–H and O–H groups in total. The molecule has 1 aliphatic heterocycles. The maximum absolute atomic E-state index is 13.2. The number of aryl methyl sites for hydroxylation is 1. The summed E-state index contributed by atoms with van der Waals surface area (Å²) in [5.74, 6) is -0.279. The van der Waals surface area contributed by atoms with Gasteiger partial charge in [-0.2, -0.15) is 0 Å². The van der Waals surface area contributed by atoms with Crippen LogP contribution in [0.25, 0.3) is 33.2 Å². The summed E-state index contributed by atoms with van der Waals surface area (Å²) in [4.78, 5) is 32.0. The minimum atomic E-state index is -0.279. The predicted octanol–water partition coefficient (Wildman–Crippen LogP) is 3.70. The van der Waals surface area contributed by atoms with Crippen molar-refractivity contribution in [3.8, 4) is 11.4 Å². The van der Waals surface area contributed by atoms with E-state index in [9.17, 15) is 9.59 Å². The highest BCUT2D eigenvalue weighted by molar-refractivity contribution is 6.06. The third-order valence-corrected chi connectivity index (χ3v) is 5.00. The Morgan fingerprint density at radius 3 is 2.50 bits per heavy atom. The number of hydrogen-bond donors (Lipinski definition) is 1. The van der Waals surface area contributed by atoms with E-state index in [1.54, 1.807) is 6.07 Å². The zero-order valence-corrected chi connectivity index (χ0v) is 16.4. The topological polar surface area (TPSA) is 67.2 Å². The Hall–Kier alpha value is -3.41. The number of fused-ring (bicyclic) bond motifs is 4. The molecule has 2 aromatic carbocycles. The molecule has 6 nitrogen and oxygen atoms in total. The number of amides is 1. The van der Waals surface area contributed by atoms with Crippen LogP contribution >= 0.6 is 0 Å². The molecule has 0 spiro atoms. The van der Waals surface area contributed by atoms with Gasteiger partial charge in [-0.15, -0.1) is 0 Å². The van der Waals surface area contributed by atoms with Gasteiger partial charge in [0.05, 0.1) is 22.4 Å². The van der Waals surface area contributed by atoms with Gasteiger partial charge in [0.2, 0.25) is 11.3 Å². The first-order valence-electron chi connectivity index (χ1n) is 9.26. The minimum Gasteiger partial charge on any atom is -0.378 e. The van der Waals surface area contributed by atoms with Crippen LogP contribution in [-0.2, 0) is 11.3 Å². The van der Waals surface area contributed by atoms with Crippen LogP contribution in [0.3, 0.4) is 0 Å². The van der Waals surface area contributed by atoms with E-state index in [1.165, 1.54) is 6.92 Å². The zero-order chi connectivity index (χ0) is 20.0. The highest BCUT2D eigenvalue weighted by Gasteiger charge is 2.23. The molecule has 1 aliphatic carbocycles. The number of nitrogens with one attached hydrogen (secondary N) is 1. The molecule has 0 atom stereocenters. The van der Waals surface area contributed by atoms with Gasteiger partial charge in [-0.3, -0.25) is 9.59 Å². The maximum Gasteiger partial charge on any atom is 0.221 e. The molecule has 4 rings (SSSR count). The number of rotatable bonds is 3. The molecule has 0 saturated heterocycles. The number of nitrogens with zero attached hydrogens (tertiary/aromatic N) is 3. The Balaban J connectivity index is 2.26. The normalized spacial score (nSPS) is 11.3. The van der Waals surface area contributed by atoms with E-state index in [0.29, 0.717) is 23.3 Å². The van der Waals surface area contributed by atoms with Gasteiger partial charge in [-0.25, -0.2) is 4.98 Å². The first-order valence-corrected chi connectivity index (χ1v) is 9.26. The fourth-order valence-corrected chi connectivity index (χ4v) is 3.71. The molecule has 0 unspecified atom stereocenters. The van der Waals surface area contributed by atoms with Gasteiger partial charge < -0.3 is 14.8 Å². The molecule has 1 heterocycles. The van der Waals surface area contributed by atoms with Gasteiger partial charge in [0, 0.05) is 44.0 Å². The quantitative estimate of drug-likeness (QED) is 0.439. The lowest BCUT2D eigenvalue weighted by Gasteiger charge is -2.23. The van der Waals surface area contributed by atoms with Gasteiger partial charge >= 0.3 is 0 Å². The Morgan fingerprint density at radius 2 is 1.86 bits per heavy atom.